The summed E-state index contributed by atoms with van der Waals surface area (Å²) in [5.74, 6) is 0.729. The van der Waals surface area contributed by atoms with Gasteiger partial charge in [-0.1, -0.05) is 5.11 Å². The quantitative estimate of drug-likeness (QED) is 0.467. The Balaban J connectivity index is 2.29. The van der Waals surface area contributed by atoms with Crippen molar-refractivity contribution in [2.75, 3.05) is 23.2 Å². The summed E-state index contributed by atoms with van der Waals surface area (Å²) in [5.41, 5.74) is 10.7. The topological polar surface area (TPSA) is 64.5 Å². The van der Waals surface area contributed by atoms with Crippen molar-refractivity contribution in [2.24, 2.45) is 5.11 Å². The fraction of sp³-hybridized carbons (Fsp3) is 0.571. The Hall–Kier alpha value is -2.07. The first kappa shape index (κ1) is 14.3. The van der Waals surface area contributed by atoms with E-state index in [1.807, 2.05) is 12.1 Å². The molecule has 1 aromatic rings. The Morgan fingerprint density at radius 1 is 1.20 bits per heavy atom. The first-order valence-electron chi connectivity index (χ1n) is 6.85. The Labute approximate surface area is 119 Å². The molecule has 6 nitrogen and oxygen atoms in total. The van der Waals surface area contributed by atoms with Crippen molar-refractivity contribution >= 4 is 11.4 Å². The van der Waals surface area contributed by atoms with Crippen molar-refractivity contribution in [3.8, 4) is 5.75 Å². The lowest BCUT2D eigenvalue weighted by molar-refractivity contribution is 0.329. The third-order valence-electron chi connectivity index (χ3n) is 3.47. The van der Waals surface area contributed by atoms with Crippen molar-refractivity contribution in [2.45, 2.75) is 39.8 Å². The van der Waals surface area contributed by atoms with Gasteiger partial charge in [-0.3, -0.25) is 0 Å². The van der Waals surface area contributed by atoms with Crippen LogP contribution >= 0.6 is 0 Å². The Morgan fingerprint density at radius 2 is 1.85 bits per heavy atom. The maximum atomic E-state index is 8.27. The summed E-state index contributed by atoms with van der Waals surface area (Å²) in [5, 5.41) is 3.39. The highest BCUT2D eigenvalue weighted by atomic mass is 16.5. The molecule has 2 rings (SSSR count). The van der Waals surface area contributed by atoms with Gasteiger partial charge in [-0.05, 0) is 45.4 Å². The molecule has 0 N–H and O–H groups in total. The van der Waals surface area contributed by atoms with Crippen LogP contribution in [-0.2, 0) is 0 Å². The van der Waals surface area contributed by atoms with E-state index in [1.54, 1.807) is 0 Å². The predicted molar refractivity (Wildman–Crippen MR) is 81.2 cm³/mol. The van der Waals surface area contributed by atoms with Gasteiger partial charge in [-0.2, -0.15) is 0 Å². The number of ether oxygens (including phenoxy) is 1. The number of azide groups is 1. The summed E-state index contributed by atoms with van der Waals surface area (Å²) in [6.07, 6.45) is 0. The van der Waals surface area contributed by atoms with Crippen molar-refractivity contribution in [1.82, 2.24) is 0 Å². The standard InChI is InChI=1S/C14H21N5O/c1-10(2)18-9-19(11(3)4)14-7-12(5-6-13(14)18)20-8-16-17-15/h5-7,10-11H,8-9H2,1-4H3. The van der Waals surface area contributed by atoms with E-state index in [9.17, 15) is 0 Å². The average Bonchev–Trinajstić information content (AvgIpc) is 2.78. The first-order chi connectivity index (χ1) is 9.54. The molecule has 0 aromatic heterocycles. The van der Waals surface area contributed by atoms with Gasteiger partial charge < -0.3 is 14.5 Å². The zero-order chi connectivity index (χ0) is 14.7. The molecule has 0 saturated carbocycles. The van der Waals surface area contributed by atoms with E-state index in [0.29, 0.717) is 12.1 Å². The number of hydrogen-bond acceptors (Lipinski definition) is 4. The normalized spacial score (nSPS) is 13.7. The number of benzene rings is 1. The average molecular weight is 275 g/mol. The lowest BCUT2D eigenvalue weighted by Crippen LogP contribution is -2.38. The molecule has 1 aromatic carbocycles. The molecule has 0 saturated heterocycles. The molecular formula is C14H21N5O. The van der Waals surface area contributed by atoms with Crippen LogP contribution in [0.4, 0.5) is 11.4 Å². The van der Waals surface area contributed by atoms with Gasteiger partial charge in [0.15, 0.2) is 6.73 Å². The highest BCUT2D eigenvalue weighted by molar-refractivity contribution is 5.78. The highest BCUT2D eigenvalue weighted by Gasteiger charge is 2.29. The zero-order valence-electron chi connectivity index (χ0n) is 12.4. The molecule has 0 spiro atoms. The molecule has 0 aliphatic carbocycles. The Kier molecular flexibility index (Phi) is 4.25. The third kappa shape index (κ3) is 2.75. The molecule has 1 aliphatic rings. The monoisotopic (exact) mass is 275 g/mol. The fourth-order valence-corrected chi connectivity index (χ4v) is 2.39. The second-order valence-corrected chi connectivity index (χ2v) is 5.42. The van der Waals surface area contributed by atoms with Crippen LogP contribution in [0.15, 0.2) is 23.3 Å². The number of rotatable bonds is 5. The van der Waals surface area contributed by atoms with Crippen molar-refractivity contribution in [3.63, 3.8) is 0 Å². The van der Waals surface area contributed by atoms with Crippen LogP contribution in [-0.4, -0.2) is 25.5 Å². The minimum absolute atomic E-state index is 0.0187. The van der Waals surface area contributed by atoms with Crippen LogP contribution in [0.2, 0.25) is 0 Å². The van der Waals surface area contributed by atoms with Gasteiger partial charge in [-0.15, -0.1) is 0 Å². The van der Waals surface area contributed by atoms with Gasteiger partial charge in [0.1, 0.15) is 5.75 Å². The fourth-order valence-electron chi connectivity index (χ4n) is 2.39. The lowest BCUT2D eigenvalue weighted by atomic mass is 10.2. The molecule has 0 fully saturated rings. The van der Waals surface area contributed by atoms with E-state index in [2.05, 4.69) is 53.6 Å². The molecular weight excluding hydrogens is 254 g/mol. The third-order valence-corrected chi connectivity index (χ3v) is 3.47. The van der Waals surface area contributed by atoms with Crippen molar-refractivity contribution in [3.05, 3.63) is 28.6 Å². The van der Waals surface area contributed by atoms with E-state index in [-0.39, 0.29) is 6.73 Å². The number of fused-ring (bicyclic) bond motifs is 1. The Bertz CT molecular complexity index is 522. The summed E-state index contributed by atoms with van der Waals surface area (Å²) in [7, 11) is 0. The summed E-state index contributed by atoms with van der Waals surface area (Å²) >= 11 is 0. The van der Waals surface area contributed by atoms with Crippen LogP contribution in [0.3, 0.4) is 0 Å². The molecule has 108 valence electrons. The first-order valence-corrected chi connectivity index (χ1v) is 6.85. The number of hydrogen-bond donors (Lipinski definition) is 0. The summed E-state index contributed by atoms with van der Waals surface area (Å²) in [6, 6.07) is 6.89. The summed E-state index contributed by atoms with van der Waals surface area (Å²) in [6.45, 7) is 9.66. The molecule has 0 amide bonds. The van der Waals surface area contributed by atoms with Gasteiger partial charge in [0, 0.05) is 23.1 Å². The van der Waals surface area contributed by atoms with Crippen LogP contribution in [0.5, 0.6) is 5.75 Å². The number of nitrogens with zero attached hydrogens (tertiary/aromatic N) is 5. The summed E-state index contributed by atoms with van der Waals surface area (Å²) in [4.78, 5) is 7.39. The van der Waals surface area contributed by atoms with Crippen LogP contribution < -0.4 is 14.5 Å². The largest absolute Gasteiger partial charge is 0.487 e. The highest BCUT2D eigenvalue weighted by Crippen LogP contribution is 2.40. The smallest absolute Gasteiger partial charge is 0.167 e. The minimum atomic E-state index is 0.0187. The van der Waals surface area contributed by atoms with Crippen molar-refractivity contribution in [1.29, 1.82) is 0 Å². The van der Waals surface area contributed by atoms with Crippen LogP contribution in [0.25, 0.3) is 10.4 Å². The number of anilines is 2. The minimum Gasteiger partial charge on any atom is -0.487 e. The van der Waals surface area contributed by atoms with Crippen LogP contribution in [0, 0.1) is 0 Å². The maximum Gasteiger partial charge on any atom is 0.167 e. The van der Waals surface area contributed by atoms with Gasteiger partial charge in [0.05, 0.1) is 18.0 Å². The van der Waals surface area contributed by atoms with E-state index >= 15 is 0 Å². The predicted octanol–water partition coefficient (Wildman–Crippen LogP) is 3.73. The zero-order valence-corrected chi connectivity index (χ0v) is 12.4. The maximum absolute atomic E-state index is 8.27. The summed E-state index contributed by atoms with van der Waals surface area (Å²) < 4.78 is 5.43. The van der Waals surface area contributed by atoms with E-state index in [0.717, 1.165) is 12.4 Å². The molecule has 0 atom stereocenters. The molecule has 20 heavy (non-hydrogen) atoms. The van der Waals surface area contributed by atoms with E-state index in [1.165, 1.54) is 11.4 Å². The molecule has 0 radical (unpaired) electrons. The molecule has 6 heteroatoms. The Morgan fingerprint density at radius 3 is 2.45 bits per heavy atom. The van der Waals surface area contributed by atoms with Gasteiger partial charge in [0.25, 0.3) is 0 Å². The SMILES string of the molecule is CC(C)N1CN(C(C)C)c2cc(OCN=[N+]=[N-])ccc21. The molecule has 0 unspecified atom stereocenters. The molecule has 1 heterocycles. The molecule has 0 bridgehead atoms. The van der Waals surface area contributed by atoms with Gasteiger partial charge >= 0.3 is 0 Å². The van der Waals surface area contributed by atoms with Gasteiger partial charge in [0.2, 0.25) is 0 Å². The van der Waals surface area contributed by atoms with Gasteiger partial charge in [-0.25, -0.2) is 0 Å². The second-order valence-electron chi connectivity index (χ2n) is 5.42. The van der Waals surface area contributed by atoms with Crippen molar-refractivity contribution < 1.29 is 4.74 Å². The molecule has 1 aliphatic heterocycles. The second kappa shape index (κ2) is 5.92. The lowest BCUT2D eigenvalue weighted by Gasteiger charge is -2.27. The van der Waals surface area contributed by atoms with E-state index in [4.69, 9.17) is 10.3 Å². The van der Waals surface area contributed by atoms with Crippen LogP contribution in [0.1, 0.15) is 27.7 Å². The van der Waals surface area contributed by atoms with E-state index < -0.39 is 0 Å².